The quantitative estimate of drug-likeness (QED) is 0.627. The number of anilines is 1. The fourth-order valence-corrected chi connectivity index (χ4v) is 6.73. The number of halogens is 1. The van der Waals surface area contributed by atoms with Crippen molar-refractivity contribution in [3.05, 3.63) is 53.3 Å². The highest BCUT2D eigenvalue weighted by molar-refractivity contribution is 5.76. The number of rotatable bonds is 4. The predicted molar refractivity (Wildman–Crippen MR) is 137 cm³/mol. The summed E-state index contributed by atoms with van der Waals surface area (Å²) in [5.41, 5.74) is 3.95. The molecule has 2 fully saturated rings. The molecule has 1 atom stereocenters. The Kier molecular flexibility index (Phi) is 6.28. The Morgan fingerprint density at radius 3 is 2.36 bits per heavy atom. The maximum absolute atomic E-state index is 13.3. The van der Waals surface area contributed by atoms with Gasteiger partial charge in [0.15, 0.2) is 11.5 Å². The molecule has 192 valence electrons. The van der Waals surface area contributed by atoms with Crippen LogP contribution in [-0.4, -0.2) is 68.2 Å². The van der Waals surface area contributed by atoms with E-state index in [1.807, 2.05) is 17.0 Å². The molecule has 0 radical (unpaired) electrons. The second kappa shape index (κ2) is 9.58. The van der Waals surface area contributed by atoms with E-state index in [0.29, 0.717) is 32.7 Å². The van der Waals surface area contributed by atoms with E-state index in [1.54, 1.807) is 0 Å². The molecule has 0 aromatic heterocycles. The lowest BCUT2D eigenvalue weighted by atomic mass is 9.71. The van der Waals surface area contributed by atoms with Crippen LogP contribution in [0.2, 0.25) is 0 Å². The second-order valence-electron chi connectivity index (χ2n) is 10.8. The minimum atomic E-state index is -0.220. The normalized spacial score (nSPS) is 23.1. The first kappa shape index (κ1) is 23.6. The first-order valence-electron chi connectivity index (χ1n) is 13.5. The van der Waals surface area contributed by atoms with E-state index in [1.165, 1.54) is 48.9 Å². The number of ether oxygens (including phenoxy) is 2. The Balaban J connectivity index is 1.12. The fraction of sp³-hybridized carbons (Fsp3) is 0.552. The van der Waals surface area contributed by atoms with Crippen molar-refractivity contribution in [1.29, 1.82) is 0 Å². The van der Waals surface area contributed by atoms with Crippen molar-refractivity contribution in [3.8, 4) is 11.5 Å². The van der Waals surface area contributed by atoms with Gasteiger partial charge in [-0.1, -0.05) is 12.8 Å². The Hall–Kier alpha value is -2.80. The zero-order valence-electron chi connectivity index (χ0n) is 21.2. The lowest BCUT2D eigenvalue weighted by Gasteiger charge is -2.46. The Bertz CT molecular complexity index is 1110. The van der Waals surface area contributed by atoms with Crippen LogP contribution in [0.15, 0.2) is 36.4 Å². The van der Waals surface area contributed by atoms with Crippen LogP contribution in [0, 0.1) is 5.82 Å². The highest BCUT2D eigenvalue weighted by Gasteiger charge is 2.45. The van der Waals surface area contributed by atoms with Crippen LogP contribution in [0.3, 0.4) is 0 Å². The molecule has 7 heteroatoms. The molecule has 2 aromatic carbocycles. The Morgan fingerprint density at radius 1 is 1.00 bits per heavy atom. The van der Waals surface area contributed by atoms with Crippen LogP contribution in [0.25, 0.3) is 0 Å². The van der Waals surface area contributed by atoms with Gasteiger partial charge in [-0.2, -0.15) is 0 Å². The van der Waals surface area contributed by atoms with Gasteiger partial charge in [-0.15, -0.1) is 0 Å². The number of carbonyl (C=O) groups is 1. The molecular formula is C29H36FN3O3. The minimum Gasteiger partial charge on any atom is -0.486 e. The molecule has 1 unspecified atom stereocenters. The van der Waals surface area contributed by atoms with Crippen LogP contribution in [0.5, 0.6) is 11.5 Å². The third-order valence-corrected chi connectivity index (χ3v) is 8.79. The van der Waals surface area contributed by atoms with Gasteiger partial charge in [0.05, 0.1) is 0 Å². The summed E-state index contributed by atoms with van der Waals surface area (Å²) in [4.78, 5) is 19.9. The summed E-state index contributed by atoms with van der Waals surface area (Å²) < 4.78 is 25.1. The summed E-state index contributed by atoms with van der Waals surface area (Å²) in [6.45, 7) is 8.23. The Morgan fingerprint density at radius 2 is 1.67 bits per heavy atom. The number of nitrogens with zero attached hydrogens (tertiary/aromatic N) is 3. The lowest BCUT2D eigenvalue weighted by molar-refractivity contribution is -0.132. The van der Waals surface area contributed by atoms with Gasteiger partial charge in [-0.25, -0.2) is 4.39 Å². The average molecular weight is 494 g/mol. The molecular weight excluding hydrogens is 457 g/mol. The predicted octanol–water partition coefficient (Wildman–Crippen LogP) is 4.52. The fourth-order valence-electron chi connectivity index (χ4n) is 6.73. The summed E-state index contributed by atoms with van der Waals surface area (Å²) in [7, 11) is 0. The first-order valence-corrected chi connectivity index (χ1v) is 13.5. The molecule has 36 heavy (non-hydrogen) atoms. The lowest BCUT2D eigenvalue weighted by Crippen LogP contribution is -2.50. The van der Waals surface area contributed by atoms with Gasteiger partial charge in [0.1, 0.15) is 19.0 Å². The molecule has 1 amide bonds. The minimum absolute atomic E-state index is 0.154. The summed E-state index contributed by atoms with van der Waals surface area (Å²) in [5, 5.41) is 0. The smallest absolute Gasteiger partial charge is 0.223 e. The van der Waals surface area contributed by atoms with Crippen molar-refractivity contribution in [2.45, 2.75) is 50.5 Å². The number of fused-ring (bicyclic) bond motifs is 3. The van der Waals surface area contributed by atoms with Gasteiger partial charge >= 0.3 is 0 Å². The summed E-state index contributed by atoms with van der Waals surface area (Å²) in [6, 6.07) is 11.3. The summed E-state index contributed by atoms with van der Waals surface area (Å²) in [5.74, 6) is 1.76. The number of hydrogen-bond acceptors (Lipinski definition) is 5. The number of piperazine rings is 1. The van der Waals surface area contributed by atoms with Crippen molar-refractivity contribution in [2.75, 3.05) is 57.4 Å². The van der Waals surface area contributed by atoms with E-state index in [2.05, 4.69) is 28.9 Å². The second-order valence-corrected chi connectivity index (χ2v) is 10.8. The van der Waals surface area contributed by atoms with Gasteiger partial charge in [0.25, 0.3) is 0 Å². The summed E-state index contributed by atoms with van der Waals surface area (Å²) >= 11 is 0. The van der Waals surface area contributed by atoms with E-state index >= 15 is 0 Å². The van der Waals surface area contributed by atoms with Crippen LogP contribution in [0.1, 0.15) is 56.2 Å². The van der Waals surface area contributed by atoms with Crippen LogP contribution >= 0.6 is 0 Å². The van der Waals surface area contributed by atoms with Gasteiger partial charge < -0.3 is 19.3 Å². The maximum Gasteiger partial charge on any atom is 0.223 e. The molecule has 1 spiro atoms. The van der Waals surface area contributed by atoms with E-state index in [9.17, 15) is 9.18 Å². The molecule has 1 saturated heterocycles. The molecule has 4 aliphatic rings. The van der Waals surface area contributed by atoms with Crippen molar-refractivity contribution in [2.24, 2.45) is 0 Å². The zero-order valence-corrected chi connectivity index (χ0v) is 21.2. The van der Waals surface area contributed by atoms with Crippen molar-refractivity contribution in [3.63, 3.8) is 0 Å². The molecule has 0 bridgehead atoms. The molecule has 1 saturated carbocycles. The van der Waals surface area contributed by atoms with E-state index in [4.69, 9.17) is 9.47 Å². The van der Waals surface area contributed by atoms with Crippen molar-refractivity contribution >= 4 is 11.6 Å². The molecule has 6 rings (SSSR count). The molecule has 6 nitrogen and oxygen atoms in total. The van der Waals surface area contributed by atoms with E-state index in [0.717, 1.165) is 43.4 Å². The monoisotopic (exact) mass is 493 g/mol. The Labute approximate surface area is 213 Å². The highest BCUT2D eigenvalue weighted by Crippen LogP contribution is 2.51. The van der Waals surface area contributed by atoms with Gasteiger partial charge in [-0.05, 0) is 67.3 Å². The van der Waals surface area contributed by atoms with Crippen molar-refractivity contribution in [1.82, 2.24) is 9.80 Å². The number of hydrogen-bond donors (Lipinski definition) is 0. The SMILES string of the molecule is CC1c2cc3c(cc2C2(CCCC2)CN1CCC(=O)N1CCN(c2ccc(F)cc2)CC1)OCCO3. The molecule has 0 N–H and O–H groups in total. The van der Waals surface area contributed by atoms with Gasteiger partial charge in [0, 0.05) is 62.8 Å². The van der Waals surface area contributed by atoms with Gasteiger partial charge in [-0.3, -0.25) is 9.69 Å². The molecule has 3 heterocycles. The van der Waals surface area contributed by atoms with Crippen LogP contribution in [0.4, 0.5) is 10.1 Å². The van der Waals surface area contributed by atoms with Crippen LogP contribution < -0.4 is 14.4 Å². The topological polar surface area (TPSA) is 45.3 Å². The molecule has 2 aromatic rings. The third kappa shape index (κ3) is 4.32. The van der Waals surface area contributed by atoms with E-state index in [-0.39, 0.29) is 23.2 Å². The van der Waals surface area contributed by atoms with Crippen molar-refractivity contribution < 1.29 is 18.7 Å². The van der Waals surface area contributed by atoms with Crippen LogP contribution in [-0.2, 0) is 10.2 Å². The first-order chi connectivity index (χ1) is 17.5. The largest absolute Gasteiger partial charge is 0.486 e. The third-order valence-electron chi connectivity index (χ3n) is 8.79. The summed E-state index contributed by atoms with van der Waals surface area (Å²) in [6.07, 6.45) is 5.45. The number of amides is 1. The highest BCUT2D eigenvalue weighted by atomic mass is 19.1. The zero-order chi connectivity index (χ0) is 24.7. The number of carbonyl (C=O) groups excluding carboxylic acids is 1. The molecule has 1 aliphatic carbocycles. The van der Waals surface area contributed by atoms with Gasteiger partial charge in [0.2, 0.25) is 5.91 Å². The molecule has 3 aliphatic heterocycles. The standard InChI is InChI=1S/C29H36FN3O3/c1-21-24-18-26-27(36-17-16-35-26)19-25(24)29(9-2-3-10-29)20-33(21)11-8-28(34)32-14-12-31(13-15-32)23-6-4-22(30)5-7-23/h4-7,18-19,21H,2-3,8-17,20H2,1H3. The average Bonchev–Trinajstić information content (AvgIpc) is 3.39. The van der Waals surface area contributed by atoms with E-state index < -0.39 is 0 Å². The number of benzene rings is 2. The maximum atomic E-state index is 13.3.